The van der Waals surface area contributed by atoms with Crippen LogP contribution in [0.15, 0.2) is 21.3 Å². The number of hydrogen-bond acceptors (Lipinski definition) is 5. The van der Waals surface area contributed by atoms with Crippen molar-refractivity contribution in [3.63, 3.8) is 0 Å². The van der Waals surface area contributed by atoms with E-state index in [-0.39, 0.29) is 12.4 Å². The zero-order valence-corrected chi connectivity index (χ0v) is 10.6. The number of aromatic nitrogens is 2. The van der Waals surface area contributed by atoms with Crippen molar-refractivity contribution in [3.05, 3.63) is 34.1 Å². The van der Waals surface area contributed by atoms with E-state index >= 15 is 0 Å². The molecule has 16 heavy (non-hydrogen) atoms. The van der Waals surface area contributed by atoms with Crippen LogP contribution in [0.3, 0.4) is 0 Å². The van der Waals surface area contributed by atoms with E-state index in [0.29, 0.717) is 11.7 Å². The molecule has 0 spiro atoms. The van der Waals surface area contributed by atoms with Crippen LogP contribution in [0.25, 0.3) is 0 Å². The molecule has 4 nitrogen and oxygen atoms in total. The molecule has 0 aliphatic carbocycles. The second-order valence-corrected chi connectivity index (χ2v) is 4.07. The molecule has 0 amide bonds. The van der Waals surface area contributed by atoms with Crippen molar-refractivity contribution in [2.45, 2.75) is 19.9 Å². The molecule has 0 unspecified atom stereocenters. The lowest BCUT2D eigenvalue weighted by Crippen LogP contribution is -2.16. The largest absolute Gasteiger partial charge is 0.339 e. The molecule has 0 aromatic carbocycles. The molecule has 0 saturated heterocycles. The number of halogens is 1. The van der Waals surface area contributed by atoms with E-state index in [1.807, 2.05) is 6.92 Å². The normalized spacial score (nSPS) is 10.1. The maximum atomic E-state index is 5.00. The Kier molecular flexibility index (Phi) is 5.45. The summed E-state index contributed by atoms with van der Waals surface area (Å²) in [5.74, 6) is 1.40. The van der Waals surface area contributed by atoms with E-state index in [0.717, 1.165) is 19.5 Å². The first-order valence-corrected chi connectivity index (χ1v) is 5.80. The molecule has 6 heteroatoms. The summed E-state index contributed by atoms with van der Waals surface area (Å²) in [4.78, 5) is 4.13. The molecule has 0 aliphatic heterocycles. The van der Waals surface area contributed by atoms with Crippen LogP contribution in [0.2, 0.25) is 0 Å². The summed E-state index contributed by atoms with van der Waals surface area (Å²) in [6, 6.07) is 2.12. The van der Waals surface area contributed by atoms with Gasteiger partial charge < -0.3 is 9.84 Å². The first-order valence-electron chi connectivity index (χ1n) is 4.85. The third kappa shape index (κ3) is 3.92. The number of thiophene rings is 1. The average molecular weight is 260 g/mol. The van der Waals surface area contributed by atoms with Gasteiger partial charge in [-0.25, -0.2) is 0 Å². The summed E-state index contributed by atoms with van der Waals surface area (Å²) in [5, 5.41) is 11.3. The molecular formula is C10H14ClN3OS. The highest BCUT2D eigenvalue weighted by Gasteiger charge is 2.01. The molecule has 2 rings (SSSR count). The van der Waals surface area contributed by atoms with Gasteiger partial charge in [0.1, 0.15) is 0 Å². The van der Waals surface area contributed by atoms with Gasteiger partial charge in [0, 0.05) is 19.5 Å². The second kappa shape index (κ2) is 6.62. The molecule has 0 fully saturated rings. The van der Waals surface area contributed by atoms with E-state index in [4.69, 9.17) is 4.52 Å². The third-order valence-electron chi connectivity index (χ3n) is 1.99. The molecule has 2 aromatic rings. The summed E-state index contributed by atoms with van der Waals surface area (Å²) in [7, 11) is 0. The topological polar surface area (TPSA) is 51.0 Å². The molecule has 0 saturated carbocycles. The van der Waals surface area contributed by atoms with Crippen molar-refractivity contribution < 1.29 is 4.52 Å². The molecule has 2 heterocycles. The lowest BCUT2D eigenvalue weighted by atomic mass is 10.3. The monoisotopic (exact) mass is 259 g/mol. The molecule has 0 aliphatic rings. The first-order chi connectivity index (χ1) is 7.34. The van der Waals surface area contributed by atoms with Crippen LogP contribution in [-0.2, 0) is 13.0 Å². The van der Waals surface area contributed by atoms with Crippen molar-refractivity contribution in [1.82, 2.24) is 15.5 Å². The van der Waals surface area contributed by atoms with Gasteiger partial charge in [-0.2, -0.15) is 16.3 Å². The van der Waals surface area contributed by atoms with E-state index in [1.165, 1.54) is 5.56 Å². The van der Waals surface area contributed by atoms with Crippen LogP contribution < -0.4 is 5.32 Å². The van der Waals surface area contributed by atoms with Gasteiger partial charge in [-0.3, -0.25) is 0 Å². The van der Waals surface area contributed by atoms with Gasteiger partial charge in [0.05, 0.1) is 0 Å². The van der Waals surface area contributed by atoms with Crippen LogP contribution in [0, 0.1) is 6.92 Å². The maximum absolute atomic E-state index is 5.00. The highest BCUT2D eigenvalue weighted by molar-refractivity contribution is 7.07. The summed E-state index contributed by atoms with van der Waals surface area (Å²) in [6.45, 7) is 3.58. The van der Waals surface area contributed by atoms with Crippen LogP contribution >= 0.6 is 23.7 Å². The number of aryl methyl sites for hydroxylation is 1. The molecule has 1 N–H and O–H groups in total. The van der Waals surface area contributed by atoms with E-state index in [9.17, 15) is 0 Å². The third-order valence-corrected chi connectivity index (χ3v) is 2.73. The van der Waals surface area contributed by atoms with Crippen molar-refractivity contribution in [2.75, 3.05) is 6.54 Å². The van der Waals surface area contributed by atoms with Gasteiger partial charge in [0.25, 0.3) is 0 Å². The number of hydrogen-bond donors (Lipinski definition) is 1. The predicted molar refractivity (Wildman–Crippen MR) is 66.0 cm³/mol. The Bertz CT molecular complexity index is 402. The van der Waals surface area contributed by atoms with E-state index in [2.05, 4.69) is 32.3 Å². The molecule has 0 atom stereocenters. The van der Waals surface area contributed by atoms with Crippen molar-refractivity contribution in [2.24, 2.45) is 0 Å². The highest BCUT2D eigenvalue weighted by atomic mass is 35.5. The Morgan fingerprint density at radius 2 is 2.38 bits per heavy atom. The number of nitrogens with one attached hydrogen (secondary N) is 1. The Morgan fingerprint density at radius 3 is 3.00 bits per heavy atom. The van der Waals surface area contributed by atoms with E-state index < -0.39 is 0 Å². The molecule has 0 radical (unpaired) electrons. The Hall–Kier alpha value is -0.910. The van der Waals surface area contributed by atoms with Crippen LogP contribution in [0.4, 0.5) is 0 Å². The fourth-order valence-electron chi connectivity index (χ4n) is 1.26. The van der Waals surface area contributed by atoms with Gasteiger partial charge in [-0.15, -0.1) is 12.4 Å². The van der Waals surface area contributed by atoms with Crippen molar-refractivity contribution in [3.8, 4) is 0 Å². The fourth-order valence-corrected chi connectivity index (χ4v) is 1.93. The molecule has 2 aromatic heterocycles. The number of nitrogens with zero attached hydrogens (tertiary/aromatic N) is 2. The average Bonchev–Trinajstić information content (AvgIpc) is 2.84. The standard InChI is InChI=1S/C10H13N3OS.ClH/c1-8-12-10(14-13-8)2-4-11-6-9-3-5-15-7-9;/h3,5,7,11H,2,4,6H2,1H3;1H. The van der Waals surface area contributed by atoms with Gasteiger partial charge in [0.2, 0.25) is 5.89 Å². The Labute approximate surface area is 104 Å². The minimum Gasteiger partial charge on any atom is -0.339 e. The van der Waals surface area contributed by atoms with Gasteiger partial charge >= 0.3 is 0 Å². The molecular weight excluding hydrogens is 246 g/mol. The zero-order chi connectivity index (χ0) is 10.5. The van der Waals surface area contributed by atoms with Crippen LogP contribution in [0.5, 0.6) is 0 Å². The van der Waals surface area contributed by atoms with Gasteiger partial charge in [-0.1, -0.05) is 5.16 Å². The Morgan fingerprint density at radius 1 is 1.50 bits per heavy atom. The lowest BCUT2D eigenvalue weighted by molar-refractivity contribution is 0.372. The van der Waals surface area contributed by atoms with Crippen molar-refractivity contribution >= 4 is 23.7 Å². The highest BCUT2D eigenvalue weighted by Crippen LogP contribution is 2.04. The van der Waals surface area contributed by atoms with Gasteiger partial charge in [-0.05, 0) is 29.3 Å². The summed E-state index contributed by atoms with van der Waals surface area (Å²) in [5.41, 5.74) is 1.32. The molecule has 0 bridgehead atoms. The lowest BCUT2D eigenvalue weighted by Gasteiger charge is -1.99. The minimum absolute atomic E-state index is 0. The quantitative estimate of drug-likeness (QED) is 0.837. The summed E-state index contributed by atoms with van der Waals surface area (Å²) in [6.07, 6.45) is 0.783. The SMILES string of the molecule is Cc1noc(CCNCc2ccsc2)n1.Cl. The van der Waals surface area contributed by atoms with Crippen molar-refractivity contribution in [1.29, 1.82) is 0 Å². The zero-order valence-electron chi connectivity index (χ0n) is 8.97. The minimum atomic E-state index is 0. The summed E-state index contributed by atoms with van der Waals surface area (Å²) < 4.78 is 5.00. The second-order valence-electron chi connectivity index (χ2n) is 3.29. The fraction of sp³-hybridized carbons (Fsp3) is 0.400. The predicted octanol–water partition coefficient (Wildman–Crippen LogP) is 2.19. The molecule has 88 valence electrons. The smallest absolute Gasteiger partial charge is 0.227 e. The Balaban J connectivity index is 0.00000128. The van der Waals surface area contributed by atoms with Gasteiger partial charge in [0.15, 0.2) is 5.82 Å². The first kappa shape index (κ1) is 13.2. The van der Waals surface area contributed by atoms with E-state index in [1.54, 1.807) is 11.3 Å². The van der Waals surface area contributed by atoms with Crippen LogP contribution in [0.1, 0.15) is 17.3 Å². The number of rotatable bonds is 5. The van der Waals surface area contributed by atoms with Crippen LogP contribution in [-0.4, -0.2) is 16.7 Å². The maximum Gasteiger partial charge on any atom is 0.227 e. The summed E-state index contributed by atoms with van der Waals surface area (Å²) >= 11 is 1.72.